The Bertz CT molecular complexity index is 1050. The Morgan fingerprint density at radius 1 is 1.32 bits per heavy atom. The fourth-order valence-corrected chi connectivity index (χ4v) is 4.77. The van der Waals surface area contributed by atoms with Crippen LogP contribution in [0.5, 0.6) is 11.5 Å². The molecule has 1 N–H and O–H groups in total. The van der Waals surface area contributed by atoms with E-state index in [1.54, 1.807) is 42.4 Å². The molecule has 1 fully saturated rings. The fourth-order valence-electron chi connectivity index (χ4n) is 2.72. The average molecular weight is 526 g/mol. The van der Waals surface area contributed by atoms with Gasteiger partial charge in [-0.05, 0) is 82.7 Å². The molecular weight excluding hydrogens is 508 g/mol. The Balaban J connectivity index is 1.87. The highest BCUT2D eigenvalue weighted by atomic mass is 79.9. The minimum absolute atomic E-state index is 0.154. The van der Waals surface area contributed by atoms with E-state index in [0.717, 1.165) is 5.75 Å². The standard InChI is InChI=1S/C21H18BrClN2O5S/c1-3-25-20(28)17(31-21(25)24-13-4-6-14(29-2)7-5-13)10-12-8-15(22)19(16(23)9-12)30-11-18(26)27/h4-10H,3,11H2,1-2H3,(H,26,27)/b17-10+,24-21?. The zero-order valence-electron chi connectivity index (χ0n) is 16.6. The lowest BCUT2D eigenvalue weighted by Gasteiger charge is -2.12. The Kier molecular flexibility index (Phi) is 7.64. The summed E-state index contributed by atoms with van der Waals surface area (Å²) in [4.78, 5) is 30.3. The Morgan fingerprint density at radius 2 is 2.03 bits per heavy atom. The number of amides is 1. The summed E-state index contributed by atoms with van der Waals surface area (Å²) in [5.41, 5.74) is 1.37. The molecule has 0 aliphatic carbocycles. The molecule has 10 heteroatoms. The second kappa shape index (κ2) is 10.2. The lowest BCUT2D eigenvalue weighted by molar-refractivity contribution is -0.139. The van der Waals surface area contributed by atoms with Crippen LogP contribution in [0, 0.1) is 0 Å². The van der Waals surface area contributed by atoms with Gasteiger partial charge in [0.1, 0.15) is 5.75 Å². The number of carbonyl (C=O) groups is 2. The van der Waals surface area contributed by atoms with Gasteiger partial charge in [0.15, 0.2) is 17.5 Å². The molecule has 1 saturated heterocycles. The normalized spacial score (nSPS) is 16.3. The first kappa shape index (κ1) is 23.2. The van der Waals surface area contributed by atoms with Gasteiger partial charge >= 0.3 is 5.97 Å². The topological polar surface area (TPSA) is 88.4 Å². The molecule has 7 nitrogen and oxygen atoms in total. The molecule has 0 spiro atoms. The van der Waals surface area contributed by atoms with Crippen molar-refractivity contribution >= 4 is 68.1 Å². The van der Waals surface area contributed by atoms with E-state index in [9.17, 15) is 9.59 Å². The SMILES string of the molecule is CCN1C(=O)/C(=C\c2cc(Cl)c(OCC(=O)O)c(Br)c2)SC1=Nc1ccc(OC)cc1. The summed E-state index contributed by atoms with van der Waals surface area (Å²) < 4.78 is 10.8. The third-order valence-corrected chi connectivity index (χ3v) is 6.04. The minimum atomic E-state index is -1.11. The van der Waals surface area contributed by atoms with Crippen LogP contribution in [0.1, 0.15) is 12.5 Å². The van der Waals surface area contributed by atoms with Gasteiger partial charge in [0.2, 0.25) is 0 Å². The first-order valence-electron chi connectivity index (χ1n) is 9.10. The van der Waals surface area contributed by atoms with Crippen molar-refractivity contribution in [3.63, 3.8) is 0 Å². The Hall–Kier alpha value is -2.49. The Labute approximate surface area is 196 Å². The van der Waals surface area contributed by atoms with E-state index in [4.69, 9.17) is 26.2 Å². The summed E-state index contributed by atoms with van der Waals surface area (Å²) in [5.74, 6) is -0.303. The van der Waals surface area contributed by atoms with Crippen molar-refractivity contribution in [2.75, 3.05) is 20.3 Å². The maximum absolute atomic E-state index is 12.9. The van der Waals surface area contributed by atoms with E-state index in [1.165, 1.54) is 11.8 Å². The van der Waals surface area contributed by atoms with Gasteiger partial charge in [0, 0.05) is 6.54 Å². The summed E-state index contributed by atoms with van der Waals surface area (Å²) >= 11 is 10.9. The number of halogens is 2. The quantitative estimate of drug-likeness (QED) is 0.500. The van der Waals surface area contributed by atoms with Crippen molar-refractivity contribution in [2.24, 2.45) is 4.99 Å². The summed E-state index contributed by atoms with van der Waals surface area (Å²) in [7, 11) is 1.59. The number of carbonyl (C=O) groups excluding carboxylic acids is 1. The summed E-state index contributed by atoms with van der Waals surface area (Å²) in [6, 6.07) is 10.6. The summed E-state index contributed by atoms with van der Waals surface area (Å²) in [6.45, 7) is 1.85. The number of benzene rings is 2. The number of thioether (sulfide) groups is 1. The number of nitrogens with zero attached hydrogens (tertiary/aromatic N) is 2. The number of hydrogen-bond acceptors (Lipinski definition) is 6. The molecule has 0 unspecified atom stereocenters. The van der Waals surface area contributed by atoms with Crippen LogP contribution in [0.25, 0.3) is 6.08 Å². The van der Waals surface area contributed by atoms with Gasteiger partial charge < -0.3 is 14.6 Å². The zero-order chi connectivity index (χ0) is 22.5. The smallest absolute Gasteiger partial charge is 0.341 e. The molecular formula is C21H18BrClN2O5S. The second-order valence-electron chi connectivity index (χ2n) is 6.25. The molecule has 1 aliphatic heterocycles. The molecule has 1 heterocycles. The zero-order valence-corrected chi connectivity index (χ0v) is 19.8. The van der Waals surface area contributed by atoms with Crippen LogP contribution in [0.15, 0.2) is 50.8 Å². The van der Waals surface area contributed by atoms with Crippen molar-refractivity contribution < 1.29 is 24.2 Å². The highest BCUT2D eigenvalue weighted by Gasteiger charge is 2.32. The molecule has 0 atom stereocenters. The van der Waals surface area contributed by atoms with E-state index < -0.39 is 12.6 Å². The number of rotatable bonds is 7. The fraction of sp³-hybridized carbons (Fsp3) is 0.190. The first-order chi connectivity index (χ1) is 14.8. The number of carboxylic acids is 1. The van der Waals surface area contributed by atoms with Crippen LogP contribution in [0.2, 0.25) is 5.02 Å². The largest absolute Gasteiger partial charge is 0.497 e. The Morgan fingerprint density at radius 3 is 2.61 bits per heavy atom. The van der Waals surface area contributed by atoms with Crippen molar-refractivity contribution in [2.45, 2.75) is 6.92 Å². The number of ether oxygens (including phenoxy) is 2. The highest BCUT2D eigenvalue weighted by Crippen LogP contribution is 2.38. The third kappa shape index (κ3) is 5.61. The summed E-state index contributed by atoms with van der Waals surface area (Å²) in [5, 5.41) is 9.59. The average Bonchev–Trinajstić information content (AvgIpc) is 3.01. The predicted molar refractivity (Wildman–Crippen MR) is 125 cm³/mol. The molecule has 3 rings (SSSR count). The first-order valence-corrected chi connectivity index (χ1v) is 11.1. The molecule has 2 aromatic carbocycles. The molecule has 1 amide bonds. The van der Waals surface area contributed by atoms with Crippen LogP contribution in [0.4, 0.5) is 5.69 Å². The van der Waals surface area contributed by atoms with Gasteiger partial charge in [-0.3, -0.25) is 9.69 Å². The third-order valence-electron chi connectivity index (χ3n) is 4.16. The van der Waals surface area contributed by atoms with E-state index in [1.807, 2.05) is 19.1 Å². The molecule has 1 aliphatic rings. The number of aliphatic imine (C=N–C) groups is 1. The molecule has 0 bridgehead atoms. The monoisotopic (exact) mass is 524 g/mol. The van der Waals surface area contributed by atoms with Crippen LogP contribution >= 0.6 is 39.3 Å². The van der Waals surface area contributed by atoms with Crippen molar-refractivity contribution in [1.82, 2.24) is 4.90 Å². The predicted octanol–water partition coefficient (Wildman–Crippen LogP) is 5.20. The number of aliphatic carboxylic acids is 1. The van der Waals surface area contributed by atoms with Crippen LogP contribution in [-0.2, 0) is 9.59 Å². The lowest BCUT2D eigenvalue weighted by atomic mass is 10.2. The number of amidine groups is 1. The molecule has 0 saturated carbocycles. The molecule has 2 aromatic rings. The number of hydrogen-bond donors (Lipinski definition) is 1. The van der Waals surface area contributed by atoms with Gasteiger partial charge in [0.05, 0.1) is 27.2 Å². The minimum Gasteiger partial charge on any atom is -0.497 e. The van der Waals surface area contributed by atoms with Gasteiger partial charge in [-0.1, -0.05) is 11.6 Å². The maximum Gasteiger partial charge on any atom is 0.341 e. The van der Waals surface area contributed by atoms with Crippen LogP contribution in [0.3, 0.4) is 0 Å². The number of methoxy groups -OCH3 is 1. The van der Waals surface area contributed by atoms with Crippen molar-refractivity contribution in [1.29, 1.82) is 0 Å². The van der Waals surface area contributed by atoms with Crippen molar-refractivity contribution in [3.05, 3.63) is 56.4 Å². The van der Waals surface area contributed by atoms with Gasteiger partial charge in [-0.15, -0.1) is 0 Å². The van der Waals surface area contributed by atoms with E-state index in [-0.39, 0.29) is 16.7 Å². The highest BCUT2D eigenvalue weighted by molar-refractivity contribution is 9.10. The molecule has 31 heavy (non-hydrogen) atoms. The van der Waals surface area contributed by atoms with E-state index >= 15 is 0 Å². The number of carboxylic acid groups (broad SMARTS) is 1. The molecule has 162 valence electrons. The van der Waals surface area contributed by atoms with Crippen molar-refractivity contribution in [3.8, 4) is 11.5 Å². The second-order valence-corrected chi connectivity index (χ2v) is 8.52. The van der Waals surface area contributed by atoms with Crippen LogP contribution < -0.4 is 9.47 Å². The van der Waals surface area contributed by atoms with Gasteiger partial charge in [-0.25, -0.2) is 9.79 Å². The van der Waals surface area contributed by atoms with Crippen LogP contribution in [-0.4, -0.2) is 47.3 Å². The summed E-state index contributed by atoms with van der Waals surface area (Å²) in [6.07, 6.45) is 1.71. The van der Waals surface area contributed by atoms with Gasteiger partial charge in [0.25, 0.3) is 5.91 Å². The molecule has 0 aromatic heterocycles. The van der Waals surface area contributed by atoms with Gasteiger partial charge in [-0.2, -0.15) is 0 Å². The lowest BCUT2D eigenvalue weighted by Crippen LogP contribution is -2.28. The molecule has 0 radical (unpaired) electrons. The van der Waals surface area contributed by atoms with E-state index in [2.05, 4.69) is 20.9 Å². The van der Waals surface area contributed by atoms with E-state index in [0.29, 0.717) is 32.3 Å². The number of likely N-dealkylation sites (N-methyl/N-ethyl adjacent to an activating group) is 1. The maximum atomic E-state index is 12.9.